The molecule has 3 aliphatic heterocycles. The van der Waals surface area contributed by atoms with E-state index in [9.17, 15) is 34.8 Å². The summed E-state index contributed by atoms with van der Waals surface area (Å²) in [4.78, 5) is 44.3. The highest BCUT2D eigenvalue weighted by molar-refractivity contribution is 7.78. The van der Waals surface area contributed by atoms with Crippen LogP contribution < -0.4 is 10.2 Å². The normalized spacial score (nSPS) is 12.8. The summed E-state index contributed by atoms with van der Waals surface area (Å²) >= 11 is 9.23. The number of benzene rings is 6. The number of aliphatic imine (C=N–C) groups is 2. The monoisotopic (exact) mass is 778 g/mol. The largest absolute Gasteiger partial charge is 0.508 e. The van der Waals surface area contributed by atoms with Crippen LogP contribution in [0.3, 0.4) is 0 Å². The summed E-state index contributed by atoms with van der Waals surface area (Å²) in [6, 6.07) is 27.8. The summed E-state index contributed by atoms with van der Waals surface area (Å²) in [5, 5.41) is 44.5. The second-order valence-electron chi connectivity index (χ2n) is 12.5. The van der Waals surface area contributed by atoms with Gasteiger partial charge in [0.2, 0.25) is 0 Å². The Morgan fingerprint density at radius 3 is 1.89 bits per heavy atom. The fourth-order valence-corrected chi connectivity index (χ4v) is 7.23. The van der Waals surface area contributed by atoms with Crippen molar-refractivity contribution in [3.05, 3.63) is 147 Å². The van der Waals surface area contributed by atoms with Crippen LogP contribution in [-0.2, 0) is 10.3 Å². The Labute approximate surface area is 325 Å². The first-order valence-corrected chi connectivity index (χ1v) is 17.3. The lowest BCUT2D eigenvalue weighted by atomic mass is 9.77. The number of phenols is 3. The fourth-order valence-electron chi connectivity index (χ4n) is 7.01. The highest BCUT2D eigenvalue weighted by atomic mass is 32.1. The fraction of sp³-hybridized carbons (Fsp3) is 0.0238. The van der Waals surface area contributed by atoms with Crippen molar-refractivity contribution in [3.63, 3.8) is 0 Å². The van der Waals surface area contributed by atoms with E-state index in [1.807, 2.05) is 0 Å². The summed E-state index contributed by atoms with van der Waals surface area (Å²) in [7, 11) is 0. The minimum atomic E-state index is -1.27. The molecule has 0 atom stereocenters. The van der Waals surface area contributed by atoms with Crippen molar-refractivity contribution in [2.45, 2.75) is 5.60 Å². The van der Waals surface area contributed by atoms with Crippen molar-refractivity contribution in [3.8, 4) is 51.2 Å². The van der Waals surface area contributed by atoms with Gasteiger partial charge in [-0.15, -0.1) is 0 Å². The van der Waals surface area contributed by atoms with Gasteiger partial charge in [-0.3, -0.25) is 4.79 Å². The molecule has 12 nitrogen and oxygen atoms in total. The number of aromatic carboxylic acids is 1. The molecule has 9 rings (SSSR count). The average molecular weight is 779 g/mol. The summed E-state index contributed by atoms with van der Waals surface area (Å²) in [6.45, 7) is 0. The smallest absolute Gasteiger partial charge is 0.340 e. The Kier molecular flexibility index (Phi) is 8.73. The number of phenolic OH excluding ortho intramolecular Hbond substituents is 3. The number of carboxylic acids is 1. The number of isothiocyanates is 2. The van der Waals surface area contributed by atoms with Crippen LogP contribution in [0.4, 0.5) is 11.4 Å². The maximum Gasteiger partial charge on any atom is 0.340 e. The minimum Gasteiger partial charge on any atom is -0.508 e. The molecule has 3 heterocycles. The summed E-state index contributed by atoms with van der Waals surface area (Å²) < 4.78 is 17.6. The number of esters is 1. The standard InChI is InChI=1S/2C21H11NO5S/c23-12-2-5-16-18(8-12)26-19-9-13(24)3-6-17(19)21(16)15-4-1-11(22-10-28)7-14(15)20(25)27-21;23-12-2-5-15-18(8-12)27-19-9-13(24)3-6-16(19)20(15)14-4-1-11(22-10-28)7-17(14)21(25)26/h1-9,23-24H;1-9,23H,(H,25,26). The van der Waals surface area contributed by atoms with Crippen LogP contribution in [0, 0.1) is 0 Å². The molecule has 0 radical (unpaired) electrons. The first kappa shape index (κ1) is 35.6. The molecular weight excluding hydrogens is 757 g/mol. The molecule has 0 aromatic heterocycles. The van der Waals surface area contributed by atoms with Gasteiger partial charge in [-0.1, -0.05) is 12.1 Å². The van der Waals surface area contributed by atoms with Gasteiger partial charge in [-0.05, 0) is 103 Å². The average Bonchev–Trinajstić information content (AvgIpc) is 3.45. The molecule has 0 saturated carbocycles. The number of hydrogen-bond acceptors (Lipinski definition) is 13. The van der Waals surface area contributed by atoms with Gasteiger partial charge in [0.05, 0.1) is 32.8 Å². The second-order valence-corrected chi connectivity index (χ2v) is 12.9. The van der Waals surface area contributed by atoms with Gasteiger partial charge in [0.1, 0.15) is 40.1 Å². The van der Waals surface area contributed by atoms with Gasteiger partial charge in [0.25, 0.3) is 0 Å². The van der Waals surface area contributed by atoms with Gasteiger partial charge in [0.15, 0.2) is 11.0 Å². The van der Waals surface area contributed by atoms with Crippen molar-refractivity contribution < 1.29 is 43.9 Å². The third-order valence-corrected chi connectivity index (χ3v) is 9.47. The maximum atomic E-state index is 12.8. The Balaban J connectivity index is 0.000000157. The van der Waals surface area contributed by atoms with E-state index in [2.05, 4.69) is 44.7 Å². The number of carbonyl (C=O) groups excluding carboxylic acids is 1. The number of hydrogen-bond donors (Lipinski definition) is 4. The topological polar surface area (TPSA) is 188 Å². The van der Waals surface area contributed by atoms with Gasteiger partial charge in [-0.25, -0.2) is 9.59 Å². The zero-order valence-corrected chi connectivity index (χ0v) is 30.0. The van der Waals surface area contributed by atoms with E-state index in [1.165, 1.54) is 54.6 Å². The lowest BCUT2D eigenvalue weighted by Gasteiger charge is -2.36. The molecule has 4 aliphatic rings. The third-order valence-electron chi connectivity index (χ3n) is 9.29. The Morgan fingerprint density at radius 1 is 0.643 bits per heavy atom. The molecule has 0 saturated heterocycles. The number of aromatic hydroxyl groups is 3. The number of carboxylic acid groups (broad SMARTS) is 1. The molecule has 0 unspecified atom stereocenters. The first-order valence-electron chi connectivity index (χ1n) is 16.5. The Bertz CT molecular complexity index is 2910. The molecule has 5 aromatic rings. The van der Waals surface area contributed by atoms with Crippen molar-refractivity contribution in [1.29, 1.82) is 0 Å². The molecule has 5 aromatic carbocycles. The number of carbonyl (C=O) groups is 2. The number of ether oxygens (including phenoxy) is 2. The highest BCUT2D eigenvalue weighted by Crippen LogP contribution is 2.57. The molecule has 14 heteroatoms. The van der Waals surface area contributed by atoms with E-state index in [4.69, 9.17) is 13.9 Å². The molecule has 1 aliphatic carbocycles. The predicted molar refractivity (Wildman–Crippen MR) is 211 cm³/mol. The van der Waals surface area contributed by atoms with Crippen molar-refractivity contribution in [1.82, 2.24) is 0 Å². The quantitative estimate of drug-likeness (QED) is 0.0575. The molecule has 0 fully saturated rings. The van der Waals surface area contributed by atoms with E-state index >= 15 is 0 Å². The number of fused-ring (bicyclic) bond motifs is 8. The van der Waals surface area contributed by atoms with Gasteiger partial charge < -0.3 is 34.3 Å². The molecule has 0 bridgehead atoms. The summed E-state index contributed by atoms with van der Waals surface area (Å²) in [6.07, 6.45) is 0. The number of rotatable bonds is 4. The van der Waals surface area contributed by atoms with Crippen LogP contribution in [0.5, 0.6) is 28.7 Å². The molecular formula is C42H22N2O10S2. The second kappa shape index (κ2) is 13.7. The minimum absolute atomic E-state index is 0.00715. The van der Waals surface area contributed by atoms with E-state index < -0.39 is 17.5 Å². The number of thiocarbonyl (C=S) groups is 2. The zero-order valence-electron chi connectivity index (χ0n) is 28.3. The molecule has 0 amide bonds. The summed E-state index contributed by atoms with van der Waals surface area (Å²) in [5.41, 5.74) is 3.37. The van der Waals surface area contributed by atoms with Crippen LogP contribution in [-0.4, -0.2) is 42.7 Å². The van der Waals surface area contributed by atoms with Crippen LogP contribution in [0.15, 0.2) is 128 Å². The number of nitrogens with zero attached hydrogens (tertiary/aromatic N) is 2. The summed E-state index contributed by atoms with van der Waals surface area (Å²) in [5.74, 6) is -0.698. The van der Waals surface area contributed by atoms with Crippen LogP contribution in [0.1, 0.15) is 37.4 Å². The maximum absolute atomic E-state index is 12.8. The van der Waals surface area contributed by atoms with E-state index in [0.29, 0.717) is 72.8 Å². The third kappa shape index (κ3) is 5.93. The van der Waals surface area contributed by atoms with Crippen molar-refractivity contribution >= 4 is 69.0 Å². The Morgan fingerprint density at radius 2 is 1.23 bits per heavy atom. The first-order chi connectivity index (χ1) is 27.0. The van der Waals surface area contributed by atoms with Crippen LogP contribution in [0.25, 0.3) is 33.4 Å². The molecule has 4 N–H and O–H groups in total. The van der Waals surface area contributed by atoms with Gasteiger partial charge >= 0.3 is 11.9 Å². The van der Waals surface area contributed by atoms with Crippen molar-refractivity contribution in [2.24, 2.45) is 9.98 Å². The Hall–Kier alpha value is -7.47. The molecule has 56 heavy (non-hydrogen) atoms. The van der Waals surface area contributed by atoms with Gasteiger partial charge in [0, 0.05) is 57.5 Å². The predicted octanol–water partition coefficient (Wildman–Crippen LogP) is 9.10. The molecule has 1 spiro atoms. The van der Waals surface area contributed by atoms with E-state index in [0.717, 1.165) is 0 Å². The van der Waals surface area contributed by atoms with Crippen molar-refractivity contribution in [2.75, 3.05) is 0 Å². The molecule has 272 valence electrons. The zero-order chi connectivity index (χ0) is 39.3. The van der Waals surface area contributed by atoms with Gasteiger partial charge in [-0.2, -0.15) is 9.98 Å². The lowest BCUT2D eigenvalue weighted by Crippen LogP contribution is -2.32. The van der Waals surface area contributed by atoms with Crippen LogP contribution >= 0.6 is 24.4 Å². The SMILES string of the molecule is O=C(O)c1cc(N=C=S)ccc1-c1c2ccc(=O)cc-2oc2cc(O)ccc12.O=C1OC2(c3ccc(O)cc3Oc3cc(O)ccc32)c2ccc(N=C=S)cc21. The van der Waals surface area contributed by atoms with E-state index in [1.54, 1.807) is 54.6 Å². The highest BCUT2D eigenvalue weighted by Gasteiger charge is 2.53. The van der Waals surface area contributed by atoms with E-state index in [-0.39, 0.29) is 34.0 Å². The van der Waals surface area contributed by atoms with Crippen LogP contribution in [0.2, 0.25) is 0 Å². The lowest BCUT2D eigenvalue weighted by molar-refractivity contribution is 0.0224.